The zero-order chi connectivity index (χ0) is 11.5. The van der Waals surface area contributed by atoms with Crippen LogP contribution in [0.1, 0.15) is 13.3 Å². The van der Waals surface area contributed by atoms with Crippen LogP contribution in [0.4, 0.5) is 0 Å². The smallest absolute Gasteiger partial charge is 0.316 e. The normalized spacial score (nSPS) is 12.6. The highest BCUT2D eigenvalue weighted by Gasteiger charge is 2.27. The van der Waals surface area contributed by atoms with Crippen LogP contribution in [0, 0.1) is 0 Å². The third-order valence-electron chi connectivity index (χ3n) is 1.84. The molecule has 0 aromatic rings. The van der Waals surface area contributed by atoms with E-state index in [1.54, 1.807) is 21.1 Å². The highest BCUT2D eigenvalue weighted by Crippen LogP contribution is 2.05. The van der Waals surface area contributed by atoms with Crippen molar-refractivity contribution in [1.29, 1.82) is 0 Å². The molecule has 0 aliphatic carbocycles. The summed E-state index contributed by atoms with van der Waals surface area (Å²) in [6.45, 7) is 4.94. The number of carbonyl (C=O) groups excluding carboxylic acids is 2. The molecule has 0 rings (SSSR count). The number of hydrogen-bond donors (Lipinski definition) is 1. The molecule has 15 heavy (non-hydrogen) atoms. The van der Waals surface area contributed by atoms with Crippen molar-refractivity contribution in [3.8, 4) is 0 Å². The first kappa shape index (κ1) is 16.7. The van der Waals surface area contributed by atoms with Gasteiger partial charge in [-0.25, -0.2) is 4.79 Å². The number of halogens is 1. The number of hydrogen-bond acceptors (Lipinski definition) is 3. The number of ketones is 1. The number of nitrogens with zero attached hydrogens (tertiary/aromatic N) is 1. The van der Waals surface area contributed by atoms with Gasteiger partial charge in [-0.1, -0.05) is 6.58 Å². The van der Waals surface area contributed by atoms with Gasteiger partial charge < -0.3 is 17.5 Å². The van der Waals surface area contributed by atoms with E-state index in [2.05, 4.69) is 6.58 Å². The molecule has 0 saturated carbocycles. The predicted molar refractivity (Wildman–Crippen MR) is 53.5 cm³/mol. The monoisotopic (exact) mass is 235 g/mol. The molecule has 0 spiro atoms. The molecule has 0 aromatic carbocycles. The second-order valence-corrected chi connectivity index (χ2v) is 4.27. The van der Waals surface area contributed by atoms with Crippen LogP contribution < -0.4 is 12.4 Å². The molecule has 0 aliphatic heterocycles. The van der Waals surface area contributed by atoms with Crippen LogP contribution in [-0.4, -0.2) is 48.5 Å². The molecule has 1 amide bonds. The lowest BCUT2D eigenvalue weighted by molar-refractivity contribution is -0.792. The van der Waals surface area contributed by atoms with Gasteiger partial charge in [0.05, 0.1) is 27.6 Å². The molecule has 5 heteroatoms. The Morgan fingerprint density at radius 1 is 1.33 bits per heavy atom. The Morgan fingerprint density at radius 3 is 2.00 bits per heavy atom. The zero-order valence-corrected chi connectivity index (χ0v) is 10.3. The summed E-state index contributed by atoms with van der Waals surface area (Å²) in [6, 6.07) is 0. The van der Waals surface area contributed by atoms with Crippen molar-refractivity contribution in [2.75, 3.05) is 21.1 Å². The van der Waals surface area contributed by atoms with Crippen LogP contribution in [-0.2, 0) is 9.59 Å². The Morgan fingerprint density at radius 2 is 1.73 bits per heavy atom. The average molecular weight is 236 g/mol. The average Bonchev–Trinajstić information content (AvgIpc) is 2.00. The summed E-state index contributed by atoms with van der Waals surface area (Å²) in [5, 5.41) is 9.38. The van der Waals surface area contributed by atoms with Crippen molar-refractivity contribution in [3.63, 3.8) is 0 Å². The number of aliphatic hydroxyl groups is 1. The van der Waals surface area contributed by atoms with Gasteiger partial charge in [0.1, 0.15) is 6.10 Å². The minimum Gasteiger partial charge on any atom is -1.00 e. The van der Waals surface area contributed by atoms with Crippen molar-refractivity contribution in [2.45, 2.75) is 19.4 Å². The van der Waals surface area contributed by atoms with Crippen LogP contribution in [0.5, 0.6) is 0 Å². The molecule has 0 fully saturated rings. The number of aliphatic hydroxyl groups excluding tert-OH is 1. The molecule has 1 atom stereocenters. The van der Waals surface area contributed by atoms with Gasteiger partial charge in [0.2, 0.25) is 0 Å². The number of Topliss-reactive ketones (excluding diaryl/α,β-unsaturated/α-hetero) is 1. The Kier molecular flexibility index (Phi) is 6.68. The van der Waals surface area contributed by atoms with E-state index in [0.717, 1.165) is 0 Å². The van der Waals surface area contributed by atoms with Crippen molar-refractivity contribution < 1.29 is 31.6 Å². The predicted octanol–water partition coefficient (Wildman–Crippen LogP) is -2.88. The minimum absolute atomic E-state index is 0. The van der Waals surface area contributed by atoms with Gasteiger partial charge in [0, 0.05) is 0 Å². The summed E-state index contributed by atoms with van der Waals surface area (Å²) in [4.78, 5) is 22.6. The standard InChI is InChI=1S/C10H18NO3.ClH/c1-7(2)10(14)8(12)6-9(13)11(3,4)5;/h8,12H,1,6H2,2-5H3;1H/q+1;/p-1. The van der Waals surface area contributed by atoms with Gasteiger partial charge in [-0.3, -0.25) is 9.28 Å². The Hall–Kier alpha value is -0.710. The van der Waals surface area contributed by atoms with Crippen molar-refractivity contribution in [2.24, 2.45) is 0 Å². The topological polar surface area (TPSA) is 54.4 Å². The Balaban J connectivity index is 0. The summed E-state index contributed by atoms with van der Waals surface area (Å²) >= 11 is 0. The summed E-state index contributed by atoms with van der Waals surface area (Å²) in [5.41, 5.74) is 0.270. The maximum Gasteiger partial charge on any atom is 0.316 e. The molecular weight excluding hydrogens is 218 g/mol. The summed E-state index contributed by atoms with van der Waals surface area (Å²) < 4.78 is 0.0977. The van der Waals surface area contributed by atoms with Crippen molar-refractivity contribution in [3.05, 3.63) is 12.2 Å². The Labute approximate surface area is 96.6 Å². The van der Waals surface area contributed by atoms with Gasteiger partial charge in [-0.15, -0.1) is 0 Å². The van der Waals surface area contributed by atoms with E-state index in [1.165, 1.54) is 6.92 Å². The lowest BCUT2D eigenvalue weighted by atomic mass is 10.1. The fraction of sp³-hybridized carbons (Fsp3) is 0.600. The van der Waals surface area contributed by atoms with Crippen LogP contribution in [0.25, 0.3) is 0 Å². The number of rotatable bonds is 4. The third-order valence-corrected chi connectivity index (χ3v) is 1.84. The van der Waals surface area contributed by atoms with Crippen LogP contribution in [0.15, 0.2) is 12.2 Å². The van der Waals surface area contributed by atoms with Gasteiger partial charge >= 0.3 is 5.91 Å². The lowest BCUT2D eigenvalue weighted by Gasteiger charge is -2.21. The minimum atomic E-state index is -1.25. The third kappa shape index (κ3) is 5.67. The number of amides is 1. The summed E-state index contributed by atoms with van der Waals surface area (Å²) in [6.07, 6.45) is -1.41. The maximum atomic E-state index is 11.4. The van der Waals surface area contributed by atoms with E-state index in [0.29, 0.717) is 0 Å². The first-order valence-corrected chi connectivity index (χ1v) is 4.39. The Bertz CT molecular complexity index is 268. The van der Waals surface area contributed by atoms with Gasteiger partial charge in [0.15, 0.2) is 5.78 Å². The second-order valence-electron chi connectivity index (χ2n) is 4.27. The van der Waals surface area contributed by atoms with Gasteiger partial charge in [-0.2, -0.15) is 0 Å². The van der Waals surface area contributed by atoms with E-state index in [1.807, 2.05) is 0 Å². The summed E-state index contributed by atoms with van der Waals surface area (Å²) in [5.74, 6) is -0.654. The SMILES string of the molecule is C=C(C)C(=O)C(O)CC(=O)[N+](C)(C)C.[Cl-]. The van der Waals surface area contributed by atoms with Crippen LogP contribution in [0.3, 0.4) is 0 Å². The largest absolute Gasteiger partial charge is 1.00 e. The lowest BCUT2D eigenvalue weighted by Crippen LogP contribution is -3.00. The second kappa shape index (κ2) is 6.00. The first-order chi connectivity index (χ1) is 6.16. The molecule has 88 valence electrons. The number of carbonyl (C=O) groups is 2. The summed E-state index contributed by atoms with van der Waals surface area (Å²) in [7, 11) is 5.08. The molecule has 0 bridgehead atoms. The van der Waals surface area contributed by atoms with E-state index < -0.39 is 11.9 Å². The zero-order valence-electron chi connectivity index (χ0n) is 9.58. The number of quaternary nitrogens is 1. The molecule has 0 heterocycles. The molecule has 0 radical (unpaired) electrons. The molecule has 0 aliphatic rings. The van der Waals surface area contributed by atoms with Gasteiger partial charge in [0.25, 0.3) is 0 Å². The first-order valence-electron chi connectivity index (χ1n) is 4.39. The highest BCUT2D eigenvalue weighted by molar-refractivity contribution is 5.99. The molecule has 0 saturated heterocycles. The van der Waals surface area contributed by atoms with Gasteiger partial charge in [-0.05, 0) is 12.5 Å². The highest BCUT2D eigenvalue weighted by atomic mass is 35.5. The quantitative estimate of drug-likeness (QED) is 0.421. The van der Waals surface area contributed by atoms with E-state index in [9.17, 15) is 14.7 Å². The van der Waals surface area contributed by atoms with Crippen molar-refractivity contribution >= 4 is 11.7 Å². The molecular formula is C10H18ClNO3. The van der Waals surface area contributed by atoms with E-state index in [4.69, 9.17) is 0 Å². The van der Waals surface area contributed by atoms with Crippen LogP contribution in [0.2, 0.25) is 0 Å². The fourth-order valence-electron chi connectivity index (χ4n) is 0.816. The fourth-order valence-corrected chi connectivity index (χ4v) is 0.816. The van der Waals surface area contributed by atoms with Crippen LogP contribution >= 0.6 is 0 Å². The van der Waals surface area contributed by atoms with E-state index in [-0.39, 0.29) is 34.8 Å². The molecule has 0 aromatic heterocycles. The van der Waals surface area contributed by atoms with E-state index >= 15 is 0 Å². The molecule has 1 N–H and O–H groups in total. The molecule has 4 nitrogen and oxygen atoms in total. The van der Waals surface area contributed by atoms with Crippen molar-refractivity contribution in [1.82, 2.24) is 0 Å². The maximum absolute atomic E-state index is 11.4. The molecule has 1 unspecified atom stereocenters.